The van der Waals surface area contributed by atoms with Gasteiger partial charge in [-0.25, -0.2) is 9.78 Å². The number of esters is 1. The summed E-state index contributed by atoms with van der Waals surface area (Å²) in [5, 5.41) is 1.86. The molecular formula is C26H31NO5S. The van der Waals surface area contributed by atoms with E-state index in [0.29, 0.717) is 48.2 Å². The zero-order valence-corrected chi connectivity index (χ0v) is 20.3. The van der Waals surface area contributed by atoms with Crippen LogP contribution in [0.25, 0.3) is 11.5 Å². The summed E-state index contributed by atoms with van der Waals surface area (Å²) in [6.45, 7) is 5.77. The molecular weight excluding hydrogens is 438 g/mol. The van der Waals surface area contributed by atoms with E-state index in [1.165, 1.54) is 24.0 Å². The van der Waals surface area contributed by atoms with E-state index in [-0.39, 0.29) is 5.97 Å². The van der Waals surface area contributed by atoms with Crippen LogP contribution in [0.15, 0.2) is 40.1 Å². The van der Waals surface area contributed by atoms with Gasteiger partial charge < -0.3 is 18.6 Å². The number of rotatable bonds is 9. The van der Waals surface area contributed by atoms with Crippen molar-refractivity contribution in [2.24, 2.45) is 11.8 Å². The monoisotopic (exact) mass is 469 g/mol. The van der Waals surface area contributed by atoms with Crippen LogP contribution in [0.2, 0.25) is 0 Å². The molecule has 4 rings (SSSR count). The topological polar surface area (TPSA) is 70.8 Å². The van der Waals surface area contributed by atoms with Gasteiger partial charge in [-0.2, -0.15) is 0 Å². The molecule has 1 aliphatic rings. The van der Waals surface area contributed by atoms with Gasteiger partial charge in [0.05, 0.1) is 20.3 Å². The third kappa shape index (κ3) is 6.03. The van der Waals surface area contributed by atoms with Crippen LogP contribution in [0.4, 0.5) is 0 Å². The van der Waals surface area contributed by atoms with Crippen molar-refractivity contribution in [1.82, 2.24) is 4.98 Å². The quantitative estimate of drug-likeness (QED) is 0.347. The maximum absolute atomic E-state index is 11.8. The van der Waals surface area contributed by atoms with Crippen LogP contribution in [0.1, 0.15) is 52.4 Å². The average Bonchev–Trinajstić information content (AvgIpc) is 3.45. The average molecular weight is 470 g/mol. The molecule has 0 bridgehead atoms. The highest BCUT2D eigenvalue weighted by atomic mass is 32.1. The van der Waals surface area contributed by atoms with Gasteiger partial charge in [0, 0.05) is 12.2 Å². The lowest BCUT2D eigenvalue weighted by Gasteiger charge is -2.28. The zero-order valence-electron chi connectivity index (χ0n) is 19.5. The van der Waals surface area contributed by atoms with Gasteiger partial charge in [-0.15, -0.1) is 11.3 Å². The van der Waals surface area contributed by atoms with Gasteiger partial charge in [0.1, 0.15) is 17.2 Å². The van der Waals surface area contributed by atoms with E-state index in [9.17, 15) is 4.79 Å². The second kappa shape index (κ2) is 11.0. The number of benzene rings is 1. The SMILES string of the molecule is COC(=O)c1sccc1OCC1CCCC(COCc2nc(-c3ccc(C)cc3)oc2C)C1. The zero-order chi connectivity index (χ0) is 23.2. The van der Waals surface area contributed by atoms with E-state index in [2.05, 4.69) is 24.0 Å². The van der Waals surface area contributed by atoms with Crippen LogP contribution in [0.5, 0.6) is 5.75 Å². The summed E-state index contributed by atoms with van der Waals surface area (Å²) in [5.74, 6) is 2.68. The number of methoxy groups -OCH3 is 1. The number of aromatic nitrogens is 1. The Morgan fingerprint density at radius 2 is 1.88 bits per heavy atom. The third-order valence-electron chi connectivity index (χ3n) is 6.15. The molecule has 0 N–H and O–H groups in total. The van der Waals surface area contributed by atoms with Gasteiger partial charge >= 0.3 is 5.97 Å². The fourth-order valence-electron chi connectivity index (χ4n) is 4.27. The predicted molar refractivity (Wildman–Crippen MR) is 128 cm³/mol. The van der Waals surface area contributed by atoms with Crippen molar-refractivity contribution in [3.05, 3.63) is 57.6 Å². The molecule has 3 aromatic rings. The smallest absolute Gasteiger partial charge is 0.351 e. The Balaban J connectivity index is 1.25. The van der Waals surface area contributed by atoms with Crippen molar-refractivity contribution in [3.63, 3.8) is 0 Å². The Morgan fingerprint density at radius 1 is 1.12 bits per heavy atom. The first-order valence-corrected chi connectivity index (χ1v) is 12.3. The van der Waals surface area contributed by atoms with Crippen molar-refractivity contribution in [2.45, 2.75) is 46.1 Å². The second-order valence-electron chi connectivity index (χ2n) is 8.72. The number of nitrogens with zero attached hydrogens (tertiary/aromatic N) is 1. The maximum atomic E-state index is 11.8. The minimum absolute atomic E-state index is 0.344. The van der Waals surface area contributed by atoms with Gasteiger partial charge in [0.2, 0.25) is 5.89 Å². The highest BCUT2D eigenvalue weighted by Crippen LogP contribution is 2.32. The van der Waals surface area contributed by atoms with Crippen LogP contribution in [0.3, 0.4) is 0 Å². The highest BCUT2D eigenvalue weighted by molar-refractivity contribution is 7.12. The van der Waals surface area contributed by atoms with Gasteiger partial charge in [-0.05, 0) is 68.5 Å². The summed E-state index contributed by atoms with van der Waals surface area (Å²) in [6.07, 6.45) is 4.52. The molecule has 0 spiro atoms. The van der Waals surface area contributed by atoms with Crippen molar-refractivity contribution in [3.8, 4) is 17.2 Å². The summed E-state index contributed by atoms with van der Waals surface area (Å²) in [6, 6.07) is 10.0. The molecule has 1 fully saturated rings. The highest BCUT2D eigenvalue weighted by Gasteiger charge is 2.24. The Bertz CT molecular complexity index is 1060. The summed E-state index contributed by atoms with van der Waals surface area (Å²) >= 11 is 1.35. The van der Waals surface area contributed by atoms with Gasteiger partial charge in [-0.1, -0.05) is 24.1 Å². The van der Waals surface area contributed by atoms with Crippen LogP contribution in [0, 0.1) is 25.7 Å². The van der Waals surface area contributed by atoms with E-state index in [4.69, 9.17) is 18.6 Å². The summed E-state index contributed by atoms with van der Waals surface area (Å²) in [5.41, 5.74) is 3.04. The lowest BCUT2D eigenvalue weighted by Crippen LogP contribution is -2.24. The molecule has 2 atom stereocenters. The Hall–Kier alpha value is -2.64. The molecule has 0 aliphatic heterocycles. The minimum atomic E-state index is -0.344. The fourth-order valence-corrected chi connectivity index (χ4v) is 5.02. The molecule has 6 nitrogen and oxygen atoms in total. The molecule has 176 valence electrons. The Labute approximate surface area is 198 Å². The first kappa shape index (κ1) is 23.5. The lowest BCUT2D eigenvalue weighted by atomic mass is 9.82. The van der Waals surface area contributed by atoms with Gasteiger partial charge in [0.25, 0.3) is 0 Å². The molecule has 2 aromatic heterocycles. The van der Waals surface area contributed by atoms with E-state index in [1.54, 1.807) is 0 Å². The molecule has 0 radical (unpaired) electrons. The van der Waals surface area contributed by atoms with Crippen LogP contribution in [-0.2, 0) is 16.1 Å². The molecule has 0 saturated heterocycles. The van der Waals surface area contributed by atoms with Crippen LogP contribution < -0.4 is 4.74 Å². The third-order valence-corrected chi connectivity index (χ3v) is 7.03. The number of ether oxygens (including phenoxy) is 3. The number of thiophene rings is 1. The van der Waals surface area contributed by atoms with E-state index in [0.717, 1.165) is 42.7 Å². The summed E-state index contributed by atoms with van der Waals surface area (Å²) in [7, 11) is 1.39. The summed E-state index contributed by atoms with van der Waals surface area (Å²) < 4.78 is 22.7. The lowest BCUT2D eigenvalue weighted by molar-refractivity contribution is 0.0541. The van der Waals surface area contributed by atoms with E-state index < -0.39 is 0 Å². The van der Waals surface area contributed by atoms with Gasteiger partial charge in [0.15, 0.2) is 4.88 Å². The Kier molecular flexibility index (Phi) is 7.83. The number of oxazole rings is 1. The number of carbonyl (C=O) groups excluding carboxylic acids is 1. The first-order chi connectivity index (χ1) is 16.0. The molecule has 33 heavy (non-hydrogen) atoms. The maximum Gasteiger partial charge on any atom is 0.351 e. The molecule has 7 heteroatoms. The second-order valence-corrected chi connectivity index (χ2v) is 9.63. The minimum Gasteiger partial charge on any atom is -0.492 e. The first-order valence-electron chi connectivity index (χ1n) is 11.4. The fraction of sp³-hybridized carbons (Fsp3) is 0.462. The van der Waals surface area contributed by atoms with Crippen LogP contribution in [-0.4, -0.2) is 31.3 Å². The largest absolute Gasteiger partial charge is 0.492 e. The molecule has 2 heterocycles. The standard InChI is InChI=1S/C26H31NO5S/c1-17-7-9-21(10-8-17)25-27-22(18(2)32-25)16-30-14-19-5-4-6-20(13-19)15-31-23-11-12-33-24(23)26(28)29-3/h7-12,19-20H,4-6,13-16H2,1-3H3. The van der Waals surface area contributed by atoms with Crippen molar-refractivity contribution in [2.75, 3.05) is 20.3 Å². The van der Waals surface area contributed by atoms with E-state index >= 15 is 0 Å². The molecule has 1 saturated carbocycles. The summed E-state index contributed by atoms with van der Waals surface area (Å²) in [4.78, 5) is 17.0. The van der Waals surface area contributed by atoms with Crippen molar-refractivity contribution < 1.29 is 23.4 Å². The predicted octanol–water partition coefficient (Wildman–Crippen LogP) is 6.21. The van der Waals surface area contributed by atoms with E-state index in [1.807, 2.05) is 30.5 Å². The number of carbonyl (C=O) groups is 1. The number of aryl methyl sites for hydroxylation is 2. The number of hydrogen-bond acceptors (Lipinski definition) is 7. The molecule has 0 amide bonds. The molecule has 1 aromatic carbocycles. The van der Waals surface area contributed by atoms with Crippen molar-refractivity contribution >= 4 is 17.3 Å². The molecule has 2 unspecified atom stereocenters. The van der Waals surface area contributed by atoms with Gasteiger partial charge in [-0.3, -0.25) is 0 Å². The Morgan fingerprint density at radius 3 is 2.64 bits per heavy atom. The van der Waals surface area contributed by atoms with Crippen molar-refractivity contribution in [1.29, 1.82) is 0 Å². The molecule has 1 aliphatic carbocycles. The number of hydrogen-bond donors (Lipinski definition) is 0. The normalized spacial score (nSPS) is 18.3. The van der Waals surface area contributed by atoms with Crippen LogP contribution >= 0.6 is 11.3 Å².